The van der Waals surface area contributed by atoms with Crippen molar-refractivity contribution in [2.75, 3.05) is 0 Å². The van der Waals surface area contributed by atoms with E-state index in [-0.39, 0.29) is 24.1 Å². The summed E-state index contributed by atoms with van der Waals surface area (Å²) in [6.07, 6.45) is 0.348. The van der Waals surface area contributed by atoms with Gasteiger partial charge in [-0.1, -0.05) is 6.92 Å². The first kappa shape index (κ1) is 11.8. The minimum Gasteiger partial charge on any atom is -0.508 e. The van der Waals surface area contributed by atoms with Crippen LogP contribution in [0.5, 0.6) is 11.5 Å². The molecular weight excluding hydrogens is 192 g/mol. The van der Waals surface area contributed by atoms with Crippen molar-refractivity contribution in [1.82, 2.24) is 0 Å². The van der Waals surface area contributed by atoms with Gasteiger partial charge >= 0.3 is 5.97 Å². The molecule has 0 amide bonds. The molecule has 0 atom stereocenters. The van der Waals surface area contributed by atoms with Crippen molar-refractivity contribution in [3.63, 3.8) is 0 Å². The maximum Gasteiger partial charge on any atom is 0.310 e. The van der Waals surface area contributed by atoms with Gasteiger partial charge in [-0.2, -0.15) is 0 Å². The fourth-order valence-corrected chi connectivity index (χ4v) is 0.718. The molecule has 13 heavy (non-hydrogen) atoms. The standard InChI is InChI=1S/C9H10O3.ClH/c1-2-9(11)12-8-5-3-7(10)4-6-8;/h3-6,10H,2H2,1H3;1H. The van der Waals surface area contributed by atoms with Gasteiger partial charge in [-0.3, -0.25) is 4.79 Å². The number of benzene rings is 1. The minimum absolute atomic E-state index is 0. The molecule has 1 rings (SSSR count). The molecule has 0 aliphatic rings. The molecule has 0 aliphatic heterocycles. The maximum atomic E-state index is 10.8. The van der Waals surface area contributed by atoms with E-state index in [1.165, 1.54) is 12.1 Å². The van der Waals surface area contributed by atoms with Gasteiger partial charge in [-0.25, -0.2) is 0 Å². The first-order chi connectivity index (χ1) is 5.72. The molecular formula is C9H11ClO3. The predicted octanol–water partition coefficient (Wildman–Crippen LogP) is 2.13. The third-order valence-electron chi connectivity index (χ3n) is 1.36. The number of halogens is 1. The van der Waals surface area contributed by atoms with E-state index in [1.54, 1.807) is 19.1 Å². The lowest BCUT2D eigenvalue weighted by atomic mass is 10.3. The zero-order chi connectivity index (χ0) is 8.97. The van der Waals surface area contributed by atoms with Crippen molar-refractivity contribution < 1.29 is 14.6 Å². The second-order valence-corrected chi connectivity index (χ2v) is 2.32. The van der Waals surface area contributed by atoms with Crippen molar-refractivity contribution in [2.24, 2.45) is 0 Å². The summed E-state index contributed by atoms with van der Waals surface area (Å²) in [6.45, 7) is 1.72. The Bertz CT molecular complexity index is 269. The van der Waals surface area contributed by atoms with Gasteiger partial charge in [0.2, 0.25) is 0 Å². The van der Waals surface area contributed by atoms with Crippen molar-refractivity contribution in [1.29, 1.82) is 0 Å². The topological polar surface area (TPSA) is 46.5 Å². The Balaban J connectivity index is 0.00000144. The summed E-state index contributed by atoms with van der Waals surface area (Å²) in [6, 6.07) is 6.03. The molecule has 4 heteroatoms. The number of carbonyl (C=O) groups excluding carboxylic acids is 1. The summed E-state index contributed by atoms with van der Waals surface area (Å²) in [7, 11) is 0. The summed E-state index contributed by atoms with van der Waals surface area (Å²) in [4.78, 5) is 10.8. The Morgan fingerprint density at radius 3 is 2.38 bits per heavy atom. The highest BCUT2D eigenvalue weighted by Crippen LogP contribution is 2.16. The normalized spacial score (nSPS) is 8.69. The van der Waals surface area contributed by atoms with Crippen molar-refractivity contribution in [2.45, 2.75) is 13.3 Å². The molecule has 1 aromatic rings. The Labute approximate surface area is 82.7 Å². The molecule has 0 bridgehead atoms. The number of hydrogen-bond acceptors (Lipinski definition) is 3. The molecule has 1 N–H and O–H groups in total. The van der Waals surface area contributed by atoms with E-state index < -0.39 is 0 Å². The van der Waals surface area contributed by atoms with Gasteiger partial charge in [0.1, 0.15) is 11.5 Å². The largest absolute Gasteiger partial charge is 0.508 e. The zero-order valence-electron chi connectivity index (χ0n) is 7.19. The molecule has 0 spiro atoms. The van der Waals surface area contributed by atoms with Gasteiger partial charge in [0.05, 0.1) is 0 Å². The Kier molecular flexibility index (Phi) is 4.92. The number of phenolic OH excluding ortho intramolecular Hbond substituents is 1. The molecule has 1 aromatic carbocycles. The second kappa shape index (κ2) is 5.43. The van der Waals surface area contributed by atoms with E-state index in [9.17, 15) is 4.79 Å². The average molecular weight is 203 g/mol. The van der Waals surface area contributed by atoms with Crippen LogP contribution in [0.1, 0.15) is 13.3 Å². The highest BCUT2D eigenvalue weighted by molar-refractivity contribution is 5.85. The highest BCUT2D eigenvalue weighted by Gasteiger charge is 1.99. The number of aromatic hydroxyl groups is 1. The van der Waals surface area contributed by atoms with Crippen molar-refractivity contribution in [3.8, 4) is 11.5 Å². The first-order valence-corrected chi connectivity index (χ1v) is 3.72. The molecule has 0 saturated carbocycles. The second-order valence-electron chi connectivity index (χ2n) is 2.32. The van der Waals surface area contributed by atoms with E-state index in [2.05, 4.69) is 0 Å². The van der Waals surface area contributed by atoms with Gasteiger partial charge in [-0.05, 0) is 24.3 Å². The highest BCUT2D eigenvalue weighted by atomic mass is 35.5. The lowest BCUT2D eigenvalue weighted by Crippen LogP contribution is -2.04. The minimum atomic E-state index is -0.277. The summed E-state index contributed by atoms with van der Waals surface area (Å²) in [5, 5.41) is 8.91. The van der Waals surface area contributed by atoms with Crippen LogP contribution in [0.2, 0.25) is 0 Å². The fraction of sp³-hybridized carbons (Fsp3) is 0.222. The van der Waals surface area contributed by atoms with Gasteiger partial charge in [0.25, 0.3) is 0 Å². The lowest BCUT2D eigenvalue weighted by molar-refractivity contribution is -0.134. The summed E-state index contributed by atoms with van der Waals surface area (Å²) in [5.41, 5.74) is 0. The fourth-order valence-electron chi connectivity index (χ4n) is 0.718. The number of esters is 1. The van der Waals surface area contributed by atoms with Gasteiger partial charge in [-0.15, -0.1) is 12.4 Å². The molecule has 0 heterocycles. The van der Waals surface area contributed by atoms with Gasteiger partial charge < -0.3 is 9.84 Å². The number of rotatable bonds is 2. The summed E-state index contributed by atoms with van der Waals surface area (Å²) < 4.78 is 4.87. The van der Waals surface area contributed by atoms with Crippen molar-refractivity contribution in [3.05, 3.63) is 24.3 Å². The monoisotopic (exact) mass is 202 g/mol. The van der Waals surface area contributed by atoms with E-state index in [0.29, 0.717) is 12.2 Å². The van der Waals surface area contributed by atoms with E-state index >= 15 is 0 Å². The van der Waals surface area contributed by atoms with Gasteiger partial charge in [0.15, 0.2) is 0 Å². The number of carbonyl (C=O) groups is 1. The van der Waals surface area contributed by atoms with Crippen LogP contribution in [0.15, 0.2) is 24.3 Å². The van der Waals surface area contributed by atoms with Gasteiger partial charge in [0, 0.05) is 6.42 Å². The number of ether oxygens (including phenoxy) is 1. The third-order valence-corrected chi connectivity index (χ3v) is 1.36. The molecule has 0 saturated heterocycles. The Morgan fingerprint density at radius 2 is 1.92 bits per heavy atom. The smallest absolute Gasteiger partial charge is 0.310 e. The molecule has 0 aliphatic carbocycles. The molecule has 0 unspecified atom stereocenters. The lowest BCUT2D eigenvalue weighted by Gasteiger charge is -2.01. The maximum absolute atomic E-state index is 10.8. The van der Waals surface area contributed by atoms with Crippen LogP contribution in [0.3, 0.4) is 0 Å². The predicted molar refractivity (Wildman–Crippen MR) is 51.3 cm³/mol. The molecule has 0 fully saturated rings. The van der Waals surface area contributed by atoms with Crippen molar-refractivity contribution >= 4 is 18.4 Å². The third kappa shape index (κ3) is 3.80. The van der Waals surface area contributed by atoms with Crippen LogP contribution in [-0.4, -0.2) is 11.1 Å². The van der Waals surface area contributed by atoms with Crippen LogP contribution in [0.4, 0.5) is 0 Å². The molecule has 0 aromatic heterocycles. The van der Waals surface area contributed by atoms with E-state index in [0.717, 1.165) is 0 Å². The first-order valence-electron chi connectivity index (χ1n) is 3.72. The number of phenols is 1. The quantitative estimate of drug-likeness (QED) is 0.590. The summed E-state index contributed by atoms with van der Waals surface area (Å²) in [5.74, 6) is 0.339. The van der Waals surface area contributed by atoms with Crippen LogP contribution < -0.4 is 4.74 Å². The van der Waals surface area contributed by atoms with Crippen LogP contribution in [0.25, 0.3) is 0 Å². The number of hydrogen-bond donors (Lipinski definition) is 1. The zero-order valence-corrected chi connectivity index (χ0v) is 8.00. The van der Waals surface area contributed by atoms with Crippen LogP contribution in [0, 0.1) is 0 Å². The summed E-state index contributed by atoms with van der Waals surface area (Å²) >= 11 is 0. The molecule has 3 nitrogen and oxygen atoms in total. The molecule has 0 radical (unpaired) electrons. The van der Waals surface area contributed by atoms with Crippen LogP contribution >= 0.6 is 12.4 Å². The SMILES string of the molecule is CCC(=O)Oc1ccc(O)cc1.Cl. The van der Waals surface area contributed by atoms with E-state index in [4.69, 9.17) is 9.84 Å². The Morgan fingerprint density at radius 1 is 1.38 bits per heavy atom. The van der Waals surface area contributed by atoms with Crippen LogP contribution in [-0.2, 0) is 4.79 Å². The van der Waals surface area contributed by atoms with E-state index in [1.807, 2.05) is 0 Å². The Hall–Kier alpha value is -1.22. The molecule has 72 valence electrons. The average Bonchev–Trinajstić information content (AvgIpc) is 2.09.